The Morgan fingerprint density at radius 3 is 2.64 bits per heavy atom. The summed E-state index contributed by atoms with van der Waals surface area (Å²) in [5, 5.41) is -0.145. The van der Waals surface area contributed by atoms with Crippen molar-refractivity contribution >= 4 is 17.4 Å². The van der Waals surface area contributed by atoms with Crippen LogP contribution in [0, 0.1) is 0 Å². The number of benzene rings is 1. The number of rotatable bonds is 8. The molecule has 0 aromatic heterocycles. The molecule has 5 heteroatoms. The van der Waals surface area contributed by atoms with Crippen LogP contribution in [-0.4, -0.2) is 37.1 Å². The average molecular weight is 367 g/mol. The van der Waals surface area contributed by atoms with Crippen LogP contribution in [0.3, 0.4) is 0 Å². The van der Waals surface area contributed by atoms with Crippen LogP contribution in [0.15, 0.2) is 36.4 Å². The minimum atomic E-state index is -0.394. The summed E-state index contributed by atoms with van der Waals surface area (Å²) in [6.07, 6.45) is 5.98. The molecule has 2 rings (SSSR count). The second kappa shape index (κ2) is 10.6. The van der Waals surface area contributed by atoms with Crippen LogP contribution in [0.5, 0.6) is 5.75 Å². The fourth-order valence-corrected chi connectivity index (χ4v) is 3.03. The minimum Gasteiger partial charge on any atom is -0.497 e. The first-order valence-electron chi connectivity index (χ1n) is 8.82. The molecule has 1 aliphatic heterocycles. The van der Waals surface area contributed by atoms with Gasteiger partial charge in [0.2, 0.25) is 0 Å². The number of allylic oxidation sites excluding steroid dienone is 1. The van der Waals surface area contributed by atoms with E-state index in [1.165, 1.54) is 0 Å². The molecule has 1 aromatic rings. The highest BCUT2D eigenvalue weighted by Gasteiger charge is 2.27. The van der Waals surface area contributed by atoms with Gasteiger partial charge in [0.25, 0.3) is 0 Å². The van der Waals surface area contributed by atoms with Gasteiger partial charge in [-0.2, -0.15) is 0 Å². The van der Waals surface area contributed by atoms with Crippen molar-refractivity contribution in [1.82, 2.24) is 0 Å². The second-order valence-corrected chi connectivity index (χ2v) is 6.69. The standard InChI is InChI=1S/C20H27ClO4/c1-3-18(22)20-7-5-4-6-17(21)19(25-20)12-13-24-14-15-8-10-16(23-2)11-9-15/h4-5,8-11,17,19-20H,3,6-7,12-14H2,1-2H3/b5-4-/t17-,19-,20-/m0/s1. The highest BCUT2D eigenvalue weighted by molar-refractivity contribution is 6.21. The molecule has 0 aliphatic carbocycles. The number of ketones is 1. The molecule has 0 spiro atoms. The van der Waals surface area contributed by atoms with Crippen LogP contribution >= 0.6 is 11.6 Å². The highest BCUT2D eigenvalue weighted by atomic mass is 35.5. The molecule has 0 radical (unpaired) electrons. The lowest BCUT2D eigenvalue weighted by Gasteiger charge is -2.28. The lowest BCUT2D eigenvalue weighted by atomic mass is 10.0. The third-order valence-corrected chi connectivity index (χ3v) is 4.76. The van der Waals surface area contributed by atoms with Crippen molar-refractivity contribution in [2.24, 2.45) is 0 Å². The van der Waals surface area contributed by atoms with E-state index in [0.717, 1.165) is 17.7 Å². The Bertz CT molecular complexity index is 555. The Hall–Kier alpha value is -1.36. The molecule has 0 fully saturated rings. The number of alkyl halides is 1. The number of hydrogen-bond donors (Lipinski definition) is 0. The number of carbonyl (C=O) groups excluding carboxylic acids is 1. The van der Waals surface area contributed by atoms with E-state index < -0.39 is 6.10 Å². The Morgan fingerprint density at radius 1 is 1.24 bits per heavy atom. The van der Waals surface area contributed by atoms with Gasteiger partial charge >= 0.3 is 0 Å². The van der Waals surface area contributed by atoms with E-state index in [1.807, 2.05) is 43.3 Å². The van der Waals surface area contributed by atoms with Crippen molar-refractivity contribution in [1.29, 1.82) is 0 Å². The molecule has 4 nitrogen and oxygen atoms in total. The fraction of sp³-hybridized carbons (Fsp3) is 0.550. The lowest BCUT2D eigenvalue weighted by molar-refractivity contribution is -0.135. The van der Waals surface area contributed by atoms with Gasteiger partial charge in [-0.05, 0) is 37.0 Å². The lowest BCUT2D eigenvalue weighted by Crippen LogP contribution is -2.35. The third-order valence-electron chi connectivity index (χ3n) is 4.30. The first kappa shape index (κ1) is 20.0. The van der Waals surface area contributed by atoms with Crippen LogP contribution in [-0.2, 0) is 20.9 Å². The van der Waals surface area contributed by atoms with Gasteiger partial charge in [-0.25, -0.2) is 0 Å². The summed E-state index contributed by atoms with van der Waals surface area (Å²) in [6.45, 7) is 2.93. The monoisotopic (exact) mass is 366 g/mol. The summed E-state index contributed by atoms with van der Waals surface area (Å²) < 4.78 is 16.9. The first-order chi connectivity index (χ1) is 12.1. The third kappa shape index (κ3) is 6.46. The summed E-state index contributed by atoms with van der Waals surface area (Å²) in [7, 11) is 1.65. The molecular weight excluding hydrogens is 340 g/mol. The van der Waals surface area contributed by atoms with Crippen LogP contribution in [0.4, 0.5) is 0 Å². The van der Waals surface area contributed by atoms with Crippen molar-refractivity contribution in [3.63, 3.8) is 0 Å². The van der Waals surface area contributed by atoms with Gasteiger partial charge in [0.1, 0.15) is 11.9 Å². The van der Waals surface area contributed by atoms with Gasteiger partial charge in [-0.1, -0.05) is 31.2 Å². The number of Topliss-reactive ketones (excluding diaryl/α,β-unsaturated/α-hetero) is 1. The van der Waals surface area contributed by atoms with E-state index >= 15 is 0 Å². The molecule has 3 atom stereocenters. The maximum absolute atomic E-state index is 12.0. The van der Waals surface area contributed by atoms with Gasteiger partial charge in [-0.15, -0.1) is 11.6 Å². The van der Waals surface area contributed by atoms with Crippen molar-refractivity contribution in [2.45, 2.75) is 56.8 Å². The normalized spacial score (nSPS) is 25.0. The molecule has 0 saturated heterocycles. The summed E-state index contributed by atoms with van der Waals surface area (Å²) in [6, 6.07) is 7.80. The van der Waals surface area contributed by atoms with E-state index in [-0.39, 0.29) is 17.3 Å². The molecule has 1 heterocycles. The SMILES string of the molecule is CCC(=O)[C@@H]1C/C=C\C[C@H](Cl)[C@H](CCOCc2ccc(OC)cc2)O1. The van der Waals surface area contributed by atoms with Crippen molar-refractivity contribution < 1.29 is 19.0 Å². The van der Waals surface area contributed by atoms with E-state index in [9.17, 15) is 4.79 Å². The molecule has 138 valence electrons. The molecule has 25 heavy (non-hydrogen) atoms. The average Bonchev–Trinajstić information content (AvgIpc) is 2.63. The van der Waals surface area contributed by atoms with Gasteiger partial charge < -0.3 is 14.2 Å². The van der Waals surface area contributed by atoms with Crippen molar-refractivity contribution in [3.8, 4) is 5.75 Å². The number of halogens is 1. The van der Waals surface area contributed by atoms with Crippen molar-refractivity contribution in [3.05, 3.63) is 42.0 Å². The maximum atomic E-state index is 12.0. The topological polar surface area (TPSA) is 44.8 Å². The van der Waals surface area contributed by atoms with Gasteiger partial charge in [0, 0.05) is 13.0 Å². The fourth-order valence-electron chi connectivity index (χ4n) is 2.74. The largest absolute Gasteiger partial charge is 0.497 e. The molecule has 1 aliphatic rings. The zero-order valence-electron chi connectivity index (χ0n) is 14.9. The molecule has 0 saturated carbocycles. The quantitative estimate of drug-likeness (QED) is 0.391. The van der Waals surface area contributed by atoms with Gasteiger partial charge in [0.15, 0.2) is 5.78 Å². The zero-order chi connectivity index (χ0) is 18.1. The van der Waals surface area contributed by atoms with Crippen LogP contribution in [0.1, 0.15) is 38.2 Å². The number of ether oxygens (including phenoxy) is 3. The number of methoxy groups -OCH3 is 1. The van der Waals surface area contributed by atoms with E-state index in [4.69, 9.17) is 25.8 Å². The first-order valence-corrected chi connectivity index (χ1v) is 9.25. The second-order valence-electron chi connectivity index (χ2n) is 6.13. The Kier molecular flexibility index (Phi) is 8.45. The Balaban J connectivity index is 1.81. The Morgan fingerprint density at radius 2 is 1.96 bits per heavy atom. The minimum absolute atomic E-state index is 0.125. The maximum Gasteiger partial charge on any atom is 0.161 e. The van der Waals surface area contributed by atoms with Gasteiger partial charge in [0.05, 0.1) is 25.2 Å². The summed E-state index contributed by atoms with van der Waals surface area (Å²) >= 11 is 6.45. The summed E-state index contributed by atoms with van der Waals surface area (Å²) in [5.74, 6) is 0.955. The molecule has 0 N–H and O–H groups in total. The molecule has 0 amide bonds. The van der Waals surface area contributed by atoms with E-state index in [0.29, 0.717) is 32.5 Å². The molecule has 0 unspecified atom stereocenters. The number of hydrogen-bond acceptors (Lipinski definition) is 4. The van der Waals surface area contributed by atoms with E-state index in [2.05, 4.69) is 0 Å². The zero-order valence-corrected chi connectivity index (χ0v) is 15.7. The number of carbonyl (C=O) groups is 1. The van der Waals surface area contributed by atoms with Crippen molar-refractivity contribution in [2.75, 3.05) is 13.7 Å². The molecular formula is C20H27ClO4. The predicted molar refractivity (Wildman–Crippen MR) is 99.2 cm³/mol. The van der Waals surface area contributed by atoms with E-state index in [1.54, 1.807) is 7.11 Å². The van der Waals surface area contributed by atoms with Crippen LogP contribution in [0.2, 0.25) is 0 Å². The summed E-state index contributed by atoms with van der Waals surface area (Å²) in [4.78, 5) is 12.0. The van der Waals surface area contributed by atoms with Crippen LogP contribution < -0.4 is 4.74 Å². The highest BCUT2D eigenvalue weighted by Crippen LogP contribution is 2.22. The predicted octanol–water partition coefficient (Wildman–Crippen LogP) is 4.29. The van der Waals surface area contributed by atoms with Crippen LogP contribution in [0.25, 0.3) is 0 Å². The Labute approximate surface area is 155 Å². The smallest absolute Gasteiger partial charge is 0.161 e. The van der Waals surface area contributed by atoms with Gasteiger partial charge in [-0.3, -0.25) is 4.79 Å². The summed E-state index contributed by atoms with van der Waals surface area (Å²) in [5.41, 5.74) is 1.09. The molecule has 1 aromatic carbocycles. The molecule has 0 bridgehead atoms.